The van der Waals surface area contributed by atoms with Crippen molar-refractivity contribution in [3.05, 3.63) is 62.8 Å². The number of carbonyl (C=O) groups is 1. The fourth-order valence-electron chi connectivity index (χ4n) is 4.95. The van der Waals surface area contributed by atoms with Gasteiger partial charge in [-0.05, 0) is 68.3 Å². The van der Waals surface area contributed by atoms with Gasteiger partial charge >= 0.3 is 0 Å². The van der Waals surface area contributed by atoms with E-state index in [4.69, 9.17) is 0 Å². The Hall–Kier alpha value is -2.58. The number of nitrogens with zero attached hydrogens (tertiary/aromatic N) is 3. The predicted molar refractivity (Wildman–Crippen MR) is 128 cm³/mol. The second kappa shape index (κ2) is 9.73. The molecule has 3 heterocycles. The van der Waals surface area contributed by atoms with E-state index in [1.807, 2.05) is 4.90 Å². The lowest BCUT2D eigenvalue weighted by Crippen LogP contribution is -2.36. The number of fused-ring (bicyclic) bond motifs is 3. The molecule has 5 rings (SSSR count). The van der Waals surface area contributed by atoms with Crippen molar-refractivity contribution in [2.75, 3.05) is 19.6 Å². The van der Waals surface area contributed by atoms with Gasteiger partial charge in [-0.2, -0.15) is 0 Å². The molecule has 1 saturated heterocycles. The van der Waals surface area contributed by atoms with E-state index in [1.165, 1.54) is 22.6 Å². The van der Waals surface area contributed by atoms with Crippen LogP contribution in [0.2, 0.25) is 0 Å². The molecule has 1 aliphatic heterocycles. The minimum atomic E-state index is -0.251. The Morgan fingerprint density at radius 2 is 2.00 bits per heavy atom. The van der Waals surface area contributed by atoms with Gasteiger partial charge in [-0.25, -0.2) is 9.37 Å². The summed E-state index contributed by atoms with van der Waals surface area (Å²) in [6.45, 7) is 3.18. The monoisotopic (exact) mass is 468 g/mol. The maximum absolute atomic E-state index is 13.2. The summed E-state index contributed by atoms with van der Waals surface area (Å²) in [6, 6.07) is 6.82. The van der Waals surface area contributed by atoms with Crippen molar-refractivity contribution >= 4 is 27.5 Å². The van der Waals surface area contributed by atoms with Crippen LogP contribution in [0.3, 0.4) is 0 Å². The summed E-state index contributed by atoms with van der Waals surface area (Å²) in [5.41, 5.74) is 2.20. The molecule has 0 spiro atoms. The molecule has 8 heteroatoms. The summed E-state index contributed by atoms with van der Waals surface area (Å²) in [7, 11) is 0. The zero-order valence-corrected chi connectivity index (χ0v) is 19.5. The van der Waals surface area contributed by atoms with Crippen LogP contribution in [-0.4, -0.2) is 46.0 Å². The first-order chi connectivity index (χ1) is 16.1. The van der Waals surface area contributed by atoms with Gasteiger partial charge in [0.2, 0.25) is 5.91 Å². The molecule has 174 valence electrons. The standard InChI is InChI=1S/C25H29FN4O2S/c26-18-6-4-17(5-7-18)10-14-30-16-28-24-23(25(30)32)20-9-8-19(15-21(20)33-24)27-11-2-13-29-12-1-3-22(29)31/h4-7,16,19,27H,1-3,8-15H2. The van der Waals surface area contributed by atoms with Crippen molar-refractivity contribution in [3.8, 4) is 0 Å². The van der Waals surface area contributed by atoms with E-state index in [0.29, 0.717) is 31.3 Å². The van der Waals surface area contributed by atoms with E-state index in [1.54, 1.807) is 34.4 Å². The highest BCUT2D eigenvalue weighted by Gasteiger charge is 2.25. The molecule has 1 aromatic carbocycles. The Kier molecular flexibility index (Phi) is 6.55. The average molecular weight is 469 g/mol. The molecule has 1 atom stereocenters. The van der Waals surface area contributed by atoms with Gasteiger partial charge in [-0.1, -0.05) is 12.1 Å². The Balaban J connectivity index is 1.21. The zero-order valence-electron chi connectivity index (χ0n) is 18.7. The van der Waals surface area contributed by atoms with E-state index < -0.39 is 0 Å². The van der Waals surface area contributed by atoms with Crippen molar-refractivity contribution in [2.24, 2.45) is 0 Å². The second-order valence-corrected chi connectivity index (χ2v) is 10.1. The number of amides is 1. The van der Waals surface area contributed by atoms with Crippen LogP contribution in [0.5, 0.6) is 0 Å². The number of carbonyl (C=O) groups excluding carboxylic acids is 1. The lowest BCUT2D eigenvalue weighted by atomic mass is 9.93. The molecule has 0 bridgehead atoms. The van der Waals surface area contributed by atoms with Crippen LogP contribution >= 0.6 is 11.3 Å². The number of thiophene rings is 1. The molecule has 1 amide bonds. The molecule has 0 radical (unpaired) electrons. The Labute approximate surface area is 196 Å². The fraction of sp³-hybridized carbons (Fsp3) is 0.480. The Bertz CT molecular complexity index is 1200. The smallest absolute Gasteiger partial charge is 0.262 e. The molecule has 1 N–H and O–H groups in total. The van der Waals surface area contributed by atoms with Crippen molar-refractivity contribution in [2.45, 2.75) is 57.5 Å². The molecular formula is C25H29FN4O2S. The summed E-state index contributed by atoms with van der Waals surface area (Å²) in [5, 5.41) is 4.43. The minimum Gasteiger partial charge on any atom is -0.343 e. The average Bonchev–Trinajstić information content (AvgIpc) is 3.40. The normalized spacial score (nSPS) is 18.3. The topological polar surface area (TPSA) is 67.2 Å². The third kappa shape index (κ3) is 4.87. The maximum atomic E-state index is 13.2. The van der Waals surface area contributed by atoms with Gasteiger partial charge in [0.15, 0.2) is 0 Å². The summed E-state index contributed by atoms with van der Waals surface area (Å²) < 4.78 is 14.8. The van der Waals surface area contributed by atoms with Crippen LogP contribution in [0.25, 0.3) is 10.2 Å². The highest BCUT2D eigenvalue weighted by Crippen LogP contribution is 2.33. The molecule has 1 aliphatic carbocycles. The highest BCUT2D eigenvalue weighted by molar-refractivity contribution is 7.18. The summed E-state index contributed by atoms with van der Waals surface area (Å²) in [5.74, 6) is 0.0387. The van der Waals surface area contributed by atoms with Crippen LogP contribution in [0.15, 0.2) is 35.4 Å². The molecule has 2 aliphatic rings. The molecule has 6 nitrogen and oxygen atoms in total. The van der Waals surface area contributed by atoms with Gasteiger partial charge in [-0.15, -0.1) is 11.3 Å². The number of rotatable bonds is 8. The van der Waals surface area contributed by atoms with Gasteiger partial charge < -0.3 is 10.2 Å². The molecular weight excluding hydrogens is 439 g/mol. The van der Waals surface area contributed by atoms with Crippen LogP contribution < -0.4 is 10.9 Å². The number of likely N-dealkylation sites (tertiary alicyclic amines) is 1. The van der Waals surface area contributed by atoms with Gasteiger partial charge in [-0.3, -0.25) is 14.2 Å². The van der Waals surface area contributed by atoms with E-state index in [0.717, 1.165) is 67.5 Å². The number of aryl methyl sites for hydroxylation is 3. The summed E-state index contributed by atoms with van der Waals surface area (Å²) in [6.07, 6.45) is 7.79. The van der Waals surface area contributed by atoms with Crippen LogP contribution in [0.1, 0.15) is 41.7 Å². The first-order valence-electron chi connectivity index (χ1n) is 11.8. The molecule has 1 unspecified atom stereocenters. The van der Waals surface area contributed by atoms with Crippen LogP contribution in [-0.2, 0) is 30.6 Å². The highest BCUT2D eigenvalue weighted by atomic mass is 32.1. The second-order valence-electron chi connectivity index (χ2n) is 9.04. The third-order valence-corrected chi connectivity index (χ3v) is 7.96. The van der Waals surface area contributed by atoms with E-state index in [2.05, 4.69) is 10.3 Å². The van der Waals surface area contributed by atoms with Gasteiger partial charge in [0.1, 0.15) is 10.6 Å². The number of hydrogen-bond donors (Lipinski definition) is 1. The van der Waals surface area contributed by atoms with Crippen LogP contribution in [0, 0.1) is 5.82 Å². The molecule has 33 heavy (non-hydrogen) atoms. The largest absolute Gasteiger partial charge is 0.343 e. The predicted octanol–water partition coefficient (Wildman–Crippen LogP) is 3.30. The first kappa shape index (κ1) is 22.2. The lowest BCUT2D eigenvalue weighted by molar-refractivity contribution is -0.127. The fourth-order valence-corrected chi connectivity index (χ4v) is 6.21. The Morgan fingerprint density at radius 1 is 1.15 bits per heavy atom. The van der Waals surface area contributed by atoms with Gasteiger partial charge in [0.25, 0.3) is 5.56 Å². The van der Waals surface area contributed by atoms with Crippen LogP contribution in [0.4, 0.5) is 4.39 Å². The van der Waals surface area contributed by atoms with E-state index in [-0.39, 0.29) is 11.4 Å². The first-order valence-corrected chi connectivity index (χ1v) is 12.7. The Morgan fingerprint density at radius 3 is 2.79 bits per heavy atom. The molecule has 3 aromatic rings. The number of nitrogens with one attached hydrogen (secondary N) is 1. The quantitative estimate of drug-likeness (QED) is 0.515. The minimum absolute atomic E-state index is 0.0290. The van der Waals surface area contributed by atoms with Crippen molar-refractivity contribution in [1.82, 2.24) is 19.8 Å². The summed E-state index contributed by atoms with van der Waals surface area (Å²) >= 11 is 1.64. The van der Waals surface area contributed by atoms with Gasteiger partial charge in [0, 0.05) is 37.0 Å². The van der Waals surface area contributed by atoms with Gasteiger partial charge in [0.05, 0.1) is 11.7 Å². The zero-order chi connectivity index (χ0) is 22.8. The molecule has 0 saturated carbocycles. The third-order valence-electron chi connectivity index (χ3n) is 6.80. The molecule has 1 fully saturated rings. The van der Waals surface area contributed by atoms with E-state index in [9.17, 15) is 14.0 Å². The van der Waals surface area contributed by atoms with Crippen molar-refractivity contribution < 1.29 is 9.18 Å². The van der Waals surface area contributed by atoms with Crippen molar-refractivity contribution in [1.29, 1.82) is 0 Å². The van der Waals surface area contributed by atoms with Crippen molar-refractivity contribution in [3.63, 3.8) is 0 Å². The maximum Gasteiger partial charge on any atom is 0.262 e. The number of benzene rings is 1. The van der Waals surface area contributed by atoms with E-state index >= 15 is 0 Å². The number of halogens is 1. The lowest BCUT2D eigenvalue weighted by Gasteiger charge is -2.24. The SMILES string of the molecule is O=C1CCCN1CCCNC1CCc2c(sc3ncn(CCc4ccc(F)cc4)c(=O)c23)C1. The number of aromatic nitrogens is 2. The summed E-state index contributed by atoms with van der Waals surface area (Å²) in [4.78, 5) is 33.6. The molecule has 2 aromatic heterocycles. The number of hydrogen-bond acceptors (Lipinski definition) is 5.